The van der Waals surface area contributed by atoms with Crippen LogP contribution in [0.1, 0.15) is 59.9 Å². The minimum absolute atomic E-state index is 0.00981. The van der Waals surface area contributed by atoms with Gasteiger partial charge < -0.3 is 28.2 Å². The number of benzene rings is 1. The third-order valence-corrected chi connectivity index (χ3v) is 8.67. The number of methoxy groups -OCH3 is 1. The molecule has 0 radical (unpaired) electrons. The number of ether oxygens (including phenoxy) is 3. The third-order valence-electron chi connectivity index (χ3n) is 6.56. The van der Waals surface area contributed by atoms with Crippen LogP contribution < -0.4 is 0 Å². The number of carbonyl (C=O) groups is 2. The highest BCUT2D eigenvalue weighted by atomic mass is 31.2. The van der Waals surface area contributed by atoms with Crippen molar-refractivity contribution < 1.29 is 42.3 Å². The van der Waals surface area contributed by atoms with E-state index in [4.69, 9.17) is 23.3 Å². The van der Waals surface area contributed by atoms with E-state index in [2.05, 4.69) is 0 Å². The molecule has 0 bridgehead atoms. The molecule has 0 unspecified atom stereocenters. The number of nitro groups is 1. The van der Waals surface area contributed by atoms with Crippen molar-refractivity contribution in [3.63, 3.8) is 0 Å². The van der Waals surface area contributed by atoms with E-state index in [-0.39, 0.29) is 36.5 Å². The summed E-state index contributed by atoms with van der Waals surface area (Å²) in [5, 5.41) is 11.8. The second-order valence-electron chi connectivity index (χ2n) is 11.5. The Morgan fingerprint density at radius 2 is 1.77 bits per heavy atom. The van der Waals surface area contributed by atoms with Crippen LogP contribution in [0.3, 0.4) is 0 Å². The zero-order valence-corrected chi connectivity index (χ0v) is 25.0. The maximum absolute atomic E-state index is 14.4. The van der Waals surface area contributed by atoms with Crippen molar-refractivity contribution >= 4 is 25.2 Å². The monoisotopic (exact) mass is 580 g/mol. The molecule has 0 aliphatic carbocycles. The molecule has 2 aliphatic rings. The first-order valence-corrected chi connectivity index (χ1v) is 14.2. The smallest absolute Gasteiger partial charge is 0.360 e. The zero-order valence-electron chi connectivity index (χ0n) is 24.1. The van der Waals surface area contributed by atoms with Crippen LogP contribution in [0.4, 0.5) is 5.69 Å². The van der Waals surface area contributed by atoms with Crippen molar-refractivity contribution in [2.45, 2.75) is 54.4 Å². The second kappa shape index (κ2) is 11.8. The minimum Gasteiger partial charge on any atom is -0.427 e. The summed E-state index contributed by atoms with van der Waals surface area (Å²) in [6, 6.07) is 5.70. The number of non-ortho nitro benzene ring substituents is 1. The standard InChI is InChI=1S/C27H37N2O10P/c1-17-21(24(30)36-16-37-25(31)26(3,4)5)22(19-10-9-11-20(12-19)29(32)33)23(18(2)28(17)15-35-8)40(34)38-13-27(6,7)14-39-40/h9-12,22H,13-16H2,1-8H3/t22-/m1/s1. The molecule has 2 heterocycles. The Labute approximate surface area is 233 Å². The van der Waals surface area contributed by atoms with Crippen LogP contribution in [0, 0.1) is 20.9 Å². The SMILES string of the molecule is COCN1C(C)=C(C(=O)OCOC(=O)C(C)(C)C)[C@@H](c2cccc([N+](=O)[O-])c2)C(P2(=O)OCC(C)(C)CO2)=C1C. The number of allylic oxidation sites excluding steroid dienone is 3. The van der Waals surface area contributed by atoms with Gasteiger partial charge in [0.1, 0.15) is 6.73 Å². The third kappa shape index (κ3) is 6.63. The van der Waals surface area contributed by atoms with Gasteiger partial charge in [-0.2, -0.15) is 0 Å². The van der Waals surface area contributed by atoms with Crippen molar-refractivity contribution in [1.82, 2.24) is 4.90 Å². The Morgan fingerprint density at radius 1 is 1.15 bits per heavy atom. The number of rotatable bonds is 8. The highest BCUT2D eigenvalue weighted by Crippen LogP contribution is 2.67. The first kappa shape index (κ1) is 31.5. The highest BCUT2D eigenvalue weighted by molar-refractivity contribution is 7.58. The Hall–Kier alpha value is -3.05. The predicted molar refractivity (Wildman–Crippen MR) is 145 cm³/mol. The molecule has 0 spiro atoms. The summed E-state index contributed by atoms with van der Waals surface area (Å²) in [5.74, 6) is -2.53. The summed E-state index contributed by atoms with van der Waals surface area (Å²) in [6.07, 6.45) is 0. The lowest BCUT2D eigenvalue weighted by Crippen LogP contribution is -2.36. The van der Waals surface area contributed by atoms with E-state index in [0.29, 0.717) is 17.0 Å². The molecule has 1 aromatic rings. The Kier molecular flexibility index (Phi) is 9.30. The molecule has 2 aliphatic heterocycles. The molecular formula is C27H37N2O10P. The fourth-order valence-corrected chi connectivity index (χ4v) is 6.85. The summed E-state index contributed by atoms with van der Waals surface area (Å²) < 4.78 is 42.0. The van der Waals surface area contributed by atoms with E-state index in [9.17, 15) is 24.3 Å². The van der Waals surface area contributed by atoms with Gasteiger partial charge in [0, 0.05) is 36.1 Å². The van der Waals surface area contributed by atoms with Gasteiger partial charge >= 0.3 is 19.5 Å². The Morgan fingerprint density at radius 3 is 2.33 bits per heavy atom. The van der Waals surface area contributed by atoms with Gasteiger partial charge in [0.25, 0.3) is 5.69 Å². The van der Waals surface area contributed by atoms with Gasteiger partial charge in [0.05, 0.1) is 40.4 Å². The molecule has 0 N–H and O–H groups in total. The van der Waals surface area contributed by atoms with Crippen LogP contribution in [0.25, 0.3) is 0 Å². The molecular weight excluding hydrogens is 543 g/mol. The van der Waals surface area contributed by atoms with Crippen LogP contribution in [-0.2, 0) is 37.4 Å². The Bertz CT molecular complexity index is 1280. The largest absolute Gasteiger partial charge is 0.427 e. The van der Waals surface area contributed by atoms with Crippen LogP contribution in [0.15, 0.2) is 46.5 Å². The molecule has 1 saturated heterocycles. The van der Waals surface area contributed by atoms with Gasteiger partial charge in [-0.05, 0) is 40.2 Å². The lowest BCUT2D eigenvalue weighted by molar-refractivity contribution is -0.384. The molecule has 13 heteroatoms. The highest BCUT2D eigenvalue weighted by Gasteiger charge is 2.49. The van der Waals surface area contributed by atoms with Gasteiger partial charge in [-0.15, -0.1) is 0 Å². The summed E-state index contributed by atoms with van der Waals surface area (Å²) in [7, 11) is -2.56. The van der Waals surface area contributed by atoms with E-state index in [1.165, 1.54) is 25.3 Å². The molecule has 0 saturated carbocycles. The first-order chi connectivity index (χ1) is 18.5. The van der Waals surface area contributed by atoms with Crippen molar-refractivity contribution in [2.75, 3.05) is 33.8 Å². The summed E-state index contributed by atoms with van der Waals surface area (Å²) in [6.45, 7) is 11.7. The summed E-state index contributed by atoms with van der Waals surface area (Å²) >= 11 is 0. The molecule has 1 atom stereocenters. The van der Waals surface area contributed by atoms with Crippen molar-refractivity contribution in [1.29, 1.82) is 0 Å². The zero-order chi connectivity index (χ0) is 30.0. The maximum atomic E-state index is 14.4. The van der Waals surface area contributed by atoms with Crippen LogP contribution >= 0.6 is 7.60 Å². The van der Waals surface area contributed by atoms with Crippen molar-refractivity contribution in [3.05, 3.63) is 62.2 Å². The van der Waals surface area contributed by atoms with E-state index in [1.54, 1.807) is 45.6 Å². The van der Waals surface area contributed by atoms with Crippen molar-refractivity contribution in [2.24, 2.45) is 10.8 Å². The van der Waals surface area contributed by atoms with Gasteiger partial charge in [-0.3, -0.25) is 19.5 Å². The number of nitro benzene ring substituents is 1. The topological polar surface area (TPSA) is 144 Å². The molecule has 0 amide bonds. The quantitative estimate of drug-likeness (QED) is 0.127. The van der Waals surface area contributed by atoms with Gasteiger partial charge in [-0.1, -0.05) is 26.0 Å². The second-order valence-corrected chi connectivity index (χ2v) is 13.5. The number of carbonyl (C=O) groups excluding carboxylic acids is 2. The average Bonchev–Trinajstić information content (AvgIpc) is 2.87. The van der Waals surface area contributed by atoms with Crippen LogP contribution in [-0.4, -0.2) is 55.6 Å². The first-order valence-electron chi connectivity index (χ1n) is 12.7. The van der Waals surface area contributed by atoms with Gasteiger partial charge in [0.15, 0.2) is 0 Å². The van der Waals surface area contributed by atoms with Crippen LogP contribution in [0.2, 0.25) is 0 Å². The molecule has 220 valence electrons. The summed E-state index contributed by atoms with van der Waals surface area (Å²) in [4.78, 5) is 38.6. The molecule has 12 nitrogen and oxygen atoms in total. The fraction of sp³-hybridized carbons (Fsp3) is 0.556. The normalized spacial score (nSPS) is 20.8. The molecule has 0 aromatic heterocycles. The molecule has 1 aromatic carbocycles. The van der Waals surface area contributed by atoms with E-state index >= 15 is 0 Å². The number of nitrogens with zero attached hydrogens (tertiary/aromatic N) is 2. The lowest BCUT2D eigenvalue weighted by atomic mass is 9.85. The number of hydrogen-bond donors (Lipinski definition) is 0. The van der Waals surface area contributed by atoms with Crippen molar-refractivity contribution in [3.8, 4) is 0 Å². The van der Waals surface area contributed by atoms with Gasteiger partial charge in [-0.25, -0.2) is 4.79 Å². The average molecular weight is 581 g/mol. The number of hydrogen-bond acceptors (Lipinski definition) is 11. The maximum Gasteiger partial charge on any atom is 0.360 e. The van der Waals surface area contributed by atoms with E-state index in [1.807, 2.05) is 13.8 Å². The van der Waals surface area contributed by atoms with E-state index in [0.717, 1.165) is 0 Å². The molecule has 1 fully saturated rings. The van der Waals surface area contributed by atoms with E-state index < -0.39 is 48.0 Å². The number of esters is 2. The van der Waals surface area contributed by atoms with Crippen LogP contribution in [0.5, 0.6) is 0 Å². The predicted octanol–water partition coefficient (Wildman–Crippen LogP) is 5.46. The Balaban J connectivity index is 2.17. The fourth-order valence-electron chi connectivity index (χ4n) is 4.34. The lowest BCUT2D eigenvalue weighted by Gasteiger charge is -2.42. The molecule has 40 heavy (non-hydrogen) atoms. The van der Waals surface area contributed by atoms with Gasteiger partial charge in [0.2, 0.25) is 6.79 Å². The minimum atomic E-state index is -4.03. The molecule has 3 rings (SSSR count). The summed E-state index contributed by atoms with van der Waals surface area (Å²) in [5.41, 5.74) is -0.255.